The molecule has 0 saturated carbocycles. The molecule has 0 unspecified atom stereocenters. The van der Waals surface area contributed by atoms with Crippen molar-refractivity contribution in [2.24, 2.45) is 0 Å². The first-order valence-electron chi connectivity index (χ1n) is 8.08. The van der Waals surface area contributed by atoms with Crippen molar-refractivity contribution < 1.29 is 26.3 Å². The second-order valence-corrected chi connectivity index (χ2v) is 7.75. The van der Waals surface area contributed by atoms with Gasteiger partial charge in [-0.2, -0.15) is 18.3 Å². The highest BCUT2D eigenvalue weighted by Gasteiger charge is 2.31. The van der Waals surface area contributed by atoms with Crippen LogP contribution in [-0.4, -0.2) is 30.9 Å². The molecular weight excluding hydrogens is 371 g/mol. The maximum atomic E-state index is 12.8. The Hall–Kier alpha value is -2.07. The number of sulfonamides is 1. The first-order chi connectivity index (χ1) is 12.2. The fraction of sp³-hybridized carbons (Fsp3) is 0.438. The van der Waals surface area contributed by atoms with E-state index >= 15 is 0 Å². The monoisotopic (exact) mass is 389 g/mol. The molecule has 3 rings (SSSR count). The Morgan fingerprint density at radius 3 is 2.81 bits per heavy atom. The average Bonchev–Trinajstić information content (AvgIpc) is 3.01. The molecule has 1 atom stereocenters. The molecular formula is C16H18F3N3O3S. The zero-order valence-electron chi connectivity index (χ0n) is 13.7. The van der Waals surface area contributed by atoms with Gasteiger partial charge < -0.3 is 4.74 Å². The average molecular weight is 389 g/mol. The predicted molar refractivity (Wildman–Crippen MR) is 88.1 cm³/mol. The first kappa shape index (κ1) is 18.7. The standard InChI is InChI=1S/C16H18F3N3O3S/c17-16(18,19)12-4-3-6-15(8-12)26(23,24)21-13-9-20-22(10-13)11-14-5-1-2-7-25-14/h3-4,6,8-10,14,21H,1-2,5,7,11H2/t14-/m1/s1. The number of alkyl halides is 3. The van der Waals surface area contributed by atoms with E-state index in [1.807, 2.05) is 0 Å². The van der Waals surface area contributed by atoms with Crippen LogP contribution in [0.3, 0.4) is 0 Å². The van der Waals surface area contributed by atoms with Gasteiger partial charge in [-0.05, 0) is 37.5 Å². The SMILES string of the molecule is O=S(=O)(Nc1cnn(C[C@H]2CCCCO2)c1)c1cccc(C(F)(F)F)c1. The molecule has 0 amide bonds. The van der Waals surface area contributed by atoms with E-state index < -0.39 is 26.7 Å². The van der Waals surface area contributed by atoms with Crippen molar-refractivity contribution in [2.75, 3.05) is 11.3 Å². The molecule has 1 aliphatic rings. The molecule has 1 aliphatic heterocycles. The van der Waals surface area contributed by atoms with Crippen LogP contribution in [0, 0.1) is 0 Å². The lowest BCUT2D eigenvalue weighted by Gasteiger charge is -2.22. The van der Waals surface area contributed by atoms with E-state index in [2.05, 4.69) is 9.82 Å². The zero-order chi connectivity index (χ0) is 18.8. The van der Waals surface area contributed by atoms with Crippen molar-refractivity contribution in [2.45, 2.75) is 43.0 Å². The van der Waals surface area contributed by atoms with Crippen LogP contribution in [0.25, 0.3) is 0 Å². The molecule has 142 valence electrons. The molecule has 0 bridgehead atoms. The number of nitrogens with one attached hydrogen (secondary N) is 1. The Balaban J connectivity index is 1.72. The summed E-state index contributed by atoms with van der Waals surface area (Å²) in [6, 6.07) is 3.59. The van der Waals surface area contributed by atoms with Crippen molar-refractivity contribution in [1.29, 1.82) is 0 Å². The quantitative estimate of drug-likeness (QED) is 0.852. The van der Waals surface area contributed by atoms with Crippen molar-refractivity contribution in [3.05, 3.63) is 42.2 Å². The Morgan fingerprint density at radius 2 is 2.12 bits per heavy atom. The van der Waals surface area contributed by atoms with Crippen LogP contribution in [0.5, 0.6) is 0 Å². The smallest absolute Gasteiger partial charge is 0.376 e. The predicted octanol–water partition coefficient (Wildman–Crippen LogP) is 3.27. The number of halogens is 3. The van der Waals surface area contributed by atoms with Gasteiger partial charge in [-0.3, -0.25) is 9.40 Å². The summed E-state index contributed by atoms with van der Waals surface area (Å²) in [7, 11) is -4.15. The van der Waals surface area contributed by atoms with Crippen molar-refractivity contribution in [3.63, 3.8) is 0 Å². The molecule has 1 aromatic heterocycles. The summed E-state index contributed by atoms with van der Waals surface area (Å²) in [4.78, 5) is -0.462. The summed E-state index contributed by atoms with van der Waals surface area (Å²) in [6.45, 7) is 1.19. The second-order valence-electron chi connectivity index (χ2n) is 6.07. The van der Waals surface area contributed by atoms with Gasteiger partial charge in [0, 0.05) is 12.8 Å². The van der Waals surface area contributed by atoms with Gasteiger partial charge in [0.1, 0.15) is 0 Å². The van der Waals surface area contributed by atoms with Crippen LogP contribution in [-0.2, 0) is 27.5 Å². The summed E-state index contributed by atoms with van der Waals surface area (Å²) in [6.07, 6.45) is 1.22. The highest BCUT2D eigenvalue weighted by Crippen LogP contribution is 2.30. The molecule has 6 nitrogen and oxygen atoms in total. The van der Waals surface area contributed by atoms with Crippen LogP contribution in [0.15, 0.2) is 41.6 Å². The van der Waals surface area contributed by atoms with E-state index in [1.54, 1.807) is 4.68 Å². The van der Waals surface area contributed by atoms with E-state index in [1.165, 1.54) is 12.4 Å². The molecule has 2 heterocycles. The minimum absolute atomic E-state index is 0.0246. The van der Waals surface area contributed by atoms with Crippen LogP contribution >= 0.6 is 0 Å². The first-order valence-corrected chi connectivity index (χ1v) is 9.56. The van der Waals surface area contributed by atoms with Gasteiger partial charge >= 0.3 is 6.18 Å². The molecule has 1 aromatic carbocycles. The summed E-state index contributed by atoms with van der Waals surface area (Å²) < 4.78 is 72.4. The molecule has 0 aliphatic carbocycles. The fourth-order valence-electron chi connectivity index (χ4n) is 2.73. The van der Waals surface area contributed by atoms with E-state index in [0.29, 0.717) is 19.2 Å². The fourth-order valence-corrected chi connectivity index (χ4v) is 3.80. The van der Waals surface area contributed by atoms with Crippen LogP contribution < -0.4 is 4.72 Å². The van der Waals surface area contributed by atoms with E-state index in [4.69, 9.17) is 4.74 Å². The van der Waals surface area contributed by atoms with E-state index in [-0.39, 0.29) is 11.8 Å². The Bertz CT molecular complexity index is 859. The summed E-state index contributed by atoms with van der Waals surface area (Å²) in [5.41, 5.74) is -0.844. The van der Waals surface area contributed by atoms with Crippen LogP contribution in [0.2, 0.25) is 0 Å². The van der Waals surface area contributed by atoms with Gasteiger partial charge in [-0.1, -0.05) is 6.07 Å². The highest BCUT2D eigenvalue weighted by molar-refractivity contribution is 7.92. The number of rotatable bonds is 5. The van der Waals surface area contributed by atoms with Crippen LogP contribution in [0.1, 0.15) is 24.8 Å². The lowest BCUT2D eigenvalue weighted by Crippen LogP contribution is -2.24. The van der Waals surface area contributed by atoms with Crippen molar-refractivity contribution in [3.8, 4) is 0 Å². The number of aromatic nitrogens is 2. The molecule has 1 N–H and O–H groups in total. The topological polar surface area (TPSA) is 73.2 Å². The lowest BCUT2D eigenvalue weighted by molar-refractivity contribution is -0.137. The lowest BCUT2D eigenvalue weighted by atomic mass is 10.1. The Morgan fingerprint density at radius 1 is 1.31 bits per heavy atom. The number of nitrogens with zero attached hydrogens (tertiary/aromatic N) is 2. The molecule has 0 spiro atoms. The number of hydrogen-bond donors (Lipinski definition) is 1. The normalized spacial score (nSPS) is 18.7. The molecule has 1 saturated heterocycles. The van der Waals surface area contributed by atoms with Gasteiger partial charge in [-0.15, -0.1) is 0 Å². The number of ether oxygens (including phenoxy) is 1. The second kappa shape index (κ2) is 7.28. The minimum atomic E-state index is -4.61. The van der Waals surface area contributed by atoms with Crippen LogP contribution in [0.4, 0.5) is 18.9 Å². The third-order valence-corrected chi connectivity index (χ3v) is 5.40. The van der Waals surface area contributed by atoms with Crippen molar-refractivity contribution in [1.82, 2.24) is 9.78 Å². The molecule has 0 radical (unpaired) electrons. The van der Waals surface area contributed by atoms with Gasteiger partial charge in [0.15, 0.2) is 0 Å². The maximum Gasteiger partial charge on any atom is 0.416 e. The summed E-state index contributed by atoms with van der Waals surface area (Å²) in [5.74, 6) is 0. The van der Waals surface area contributed by atoms with Gasteiger partial charge in [0.05, 0.1) is 35.0 Å². The number of benzene rings is 1. The minimum Gasteiger partial charge on any atom is -0.376 e. The Kier molecular flexibility index (Phi) is 5.24. The van der Waals surface area contributed by atoms with E-state index in [9.17, 15) is 21.6 Å². The number of hydrogen-bond acceptors (Lipinski definition) is 4. The Labute approximate surface area is 149 Å². The third-order valence-electron chi connectivity index (χ3n) is 4.02. The largest absolute Gasteiger partial charge is 0.416 e. The highest BCUT2D eigenvalue weighted by atomic mass is 32.2. The summed E-state index contributed by atoms with van der Waals surface area (Å²) >= 11 is 0. The maximum absolute atomic E-state index is 12.8. The number of anilines is 1. The van der Waals surface area contributed by atoms with Crippen molar-refractivity contribution >= 4 is 15.7 Å². The molecule has 26 heavy (non-hydrogen) atoms. The van der Waals surface area contributed by atoms with Gasteiger partial charge in [0.25, 0.3) is 10.0 Å². The molecule has 2 aromatic rings. The zero-order valence-corrected chi connectivity index (χ0v) is 14.6. The molecule has 1 fully saturated rings. The summed E-state index contributed by atoms with van der Waals surface area (Å²) in [5, 5.41) is 4.07. The van der Waals surface area contributed by atoms with E-state index in [0.717, 1.165) is 37.5 Å². The molecule has 10 heteroatoms. The van der Waals surface area contributed by atoms with Gasteiger partial charge in [-0.25, -0.2) is 8.42 Å². The third kappa shape index (κ3) is 4.55. The van der Waals surface area contributed by atoms with Gasteiger partial charge in [0.2, 0.25) is 0 Å².